The van der Waals surface area contributed by atoms with Crippen LogP contribution < -0.4 is 0 Å². The summed E-state index contributed by atoms with van der Waals surface area (Å²) < 4.78 is 4.61. The summed E-state index contributed by atoms with van der Waals surface area (Å²) in [7, 11) is 1.41. The van der Waals surface area contributed by atoms with E-state index in [0.29, 0.717) is 12.8 Å². The van der Waals surface area contributed by atoms with E-state index in [1.54, 1.807) is 22.7 Å². The largest absolute Gasteiger partial charge is 0.469 e. The van der Waals surface area contributed by atoms with Crippen molar-refractivity contribution in [1.82, 2.24) is 4.98 Å². The van der Waals surface area contributed by atoms with Crippen LogP contribution >= 0.6 is 22.7 Å². The minimum atomic E-state index is -0.186. The van der Waals surface area contributed by atoms with Crippen LogP contribution in [0.25, 0.3) is 10.6 Å². The Kier molecular flexibility index (Phi) is 3.91. The van der Waals surface area contributed by atoms with Crippen molar-refractivity contribution >= 4 is 28.6 Å². The topological polar surface area (TPSA) is 39.2 Å². The second-order valence-electron chi connectivity index (χ2n) is 3.64. The lowest BCUT2D eigenvalue weighted by atomic mass is 10.2. The first kappa shape index (κ1) is 12.3. The minimum absolute atomic E-state index is 0.186. The number of carbonyl (C=O) groups is 1. The van der Waals surface area contributed by atoms with Gasteiger partial charge in [-0.15, -0.1) is 22.7 Å². The maximum Gasteiger partial charge on any atom is 0.305 e. The highest BCUT2D eigenvalue weighted by Crippen LogP contribution is 2.30. The normalized spacial score (nSPS) is 10.5. The zero-order valence-corrected chi connectivity index (χ0v) is 11.4. The van der Waals surface area contributed by atoms with Crippen LogP contribution in [0.4, 0.5) is 0 Å². The van der Waals surface area contributed by atoms with Crippen LogP contribution in [-0.2, 0) is 16.0 Å². The molecule has 2 aromatic rings. The highest BCUT2D eigenvalue weighted by atomic mass is 32.1. The number of aromatic nitrogens is 1. The maximum atomic E-state index is 11.0. The molecule has 0 spiro atoms. The number of hydrogen-bond donors (Lipinski definition) is 0. The lowest BCUT2D eigenvalue weighted by molar-refractivity contribution is -0.140. The molecule has 0 bridgehead atoms. The Balaban J connectivity index is 2.06. The molecule has 0 aliphatic rings. The van der Waals surface area contributed by atoms with Crippen molar-refractivity contribution < 1.29 is 9.53 Å². The third kappa shape index (κ3) is 2.92. The van der Waals surface area contributed by atoms with E-state index in [-0.39, 0.29) is 5.97 Å². The van der Waals surface area contributed by atoms with Gasteiger partial charge in [-0.1, -0.05) is 0 Å². The second-order valence-corrected chi connectivity index (χ2v) is 5.49. The van der Waals surface area contributed by atoms with Crippen molar-refractivity contribution in [2.75, 3.05) is 7.11 Å². The first-order chi connectivity index (χ1) is 8.20. The summed E-state index contributed by atoms with van der Waals surface area (Å²) in [6, 6.07) is 2.09. The predicted molar refractivity (Wildman–Crippen MR) is 70.5 cm³/mol. The molecule has 0 saturated heterocycles. The molecule has 0 fully saturated rings. The van der Waals surface area contributed by atoms with Crippen LogP contribution in [0.15, 0.2) is 16.8 Å². The summed E-state index contributed by atoms with van der Waals surface area (Å²) in [5.74, 6) is -0.186. The summed E-state index contributed by atoms with van der Waals surface area (Å²) in [5, 5.41) is 5.10. The second kappa shape index (κ2) is 5.42. The number of thiazole rings is 1. The minimum Gasteiger partial charge on any atom is -0.469 e. The quantitative estimate of drug-likeness (QED) is 0.798. The van der Waals surface area contributed by atoms with E-state index in [2.05, 4.69) is 28.1 Å². The number of methoxy groups -OCH3 is 1. The number of aryl methyl sites for hydroxylation is 2. The van der Waals surface area contributed by atoms with E-state index in [4.69, 9.17) is 0 Å². The van der Waals surface area contributed by atoms with E-state index >= 15 is 0 Å². The smallest absolute Gasteiger partial charge is 0.305 e. The van der Waals surface area contributed by atoms with Gasteiger partial charge in [-0.2, -0.15) is 0 Å². The van der Waals surface area contributed by atoms with Gasteiger partial charge in [0.05, 0.1) is 29.1 Å². The van der Waals surface area contributed by atoms with Gasteiger partial charge < -0.3 is 4.74 Å². The summed E-state index contributed by atoms with van der Waals surface area (Å²) in [6.07, 6.45) is 1.05. The third-order valence-corrected chi connectivity index (χ3v) is 4.36. The molecule has 17 heavy (non-hydrogen) atoms. The number of esters is 1. The number of nitrogens with zero attached hydrogens (tertiary/aromatic N) is 1. The van der Waals surface area contributed by atoms with E-state index in [1.165, 1.54) is 17.6 Å². The fourth-order valence-corrected chi connectivity index (χ4v) is 3.23. The molecule has 2 heterocycles. The monoisotopic (exact) mass is 267 g/mol. The molecule has 90 valence electrons. The summed E-state index contributed by atoms with van der Waals surface area (Å²) in [4.78, 5) is 16.8. The van der Waals surface area contributed by atoms with Gasteiger partial charge in [0, 0.05) is 11.8 Å². The van der Waals surface area contributed by atoms with Gasteiger partial charge in [0.15, 0.2) is 0 Å². The third-order valence-electron chi connectivity index (χ3n) is 2.42. The van der Waals surface area contributed by atoms with Crippen molar-refractivity contribution in [1.29, 1.82) is 0 Å². The molecule has 0 unspecified atom stereocenters. The first-order valence-corrected chi connectivity index (χ1v) is 7.02. The molecular weight excluding hydrogens is 254 g/mol. The van der Waals surface area contributed by atoms with Crippen LogP contribution in [0.5, 0.6) is 0 Å². The number of hydrogen-bond acceptors (Lipinski definition) is 5. The first-order valence-electron chi connectivity index (χ1n) is 5.26. The molecule has 0 N–H and O–H groups in total. The zero-order valence-electron chi connectivity index (χ0n) is 9.73. The van der Waals surface area contributed by atoms with Crippen molar-refractivity contribution in [3.8, 4) is 10.6 Å². The highest BCUT2D eigenvalue weighted by Gasteiger charge is 2.09. The highest BCUT2D eigenvalue weighted by molar-refractivity contribution is 7.14. The number of carbonyl (C=O) groups excluding carboxylic acids is 1. The lowest BCUT2D eigenvalue weighted by Crippen LogP contribution is -2.01. The Morgan fingerprint density at radius 2 is 2.29 bits per heavy atom. The summed E-state index contributed by atoms with van der Waals surface area (Å²) in [5.41, 5.74) is 2.27. The molecule has 0 radical (unpaired) electrons. The molecule has 0 saturated carbocycles. The Labute approximate surface area is 108 Å². The van der Waals surface area contributed by atoms with Crippen LogP contribution in [0.3, 0.4) is 0 Å². The standard InChI is InChI=1S/C12H13NO2S2/c1-8-5-6-16-12(8)9-7-17-10(13-9)3-4-11(14)15-2/h5-7H,3-4H2,1-2H3. The van der Waals surface area contributed by atoms with E-state index in [1.807, 2.05) is 5.38 Å². The van der Waals surface area contributed by atoms with Crippen molar-refractivity contribution in [3.63, 3.8) is 0 Å². The molecule has 2 aromatic heterocycles. The molecule has 3 nitrogen and oxygen atoms in total. The van der Waals surface area contributed by atoms with Gasteiger partial charge >= 0.3 is 5.97 Å². The fourth-order valence-electron chi connectivity index (χ4n) is 1.48. The summed E-state index contributed by atoms with van der Waals surface area (Å²) >= 11 is 3.29. The SMILES string of the molecule is COC(=O)CCc1nc(-c2sccc2C)cs1. The van der Waals surface area contributed by atoms with Gasteiger partial charge in [0.1, 0.15) is 0 Å². The maximum absolute atomic E-state index is 11.0. The fraction of sp³-hybridized carbons (Fsp3) is 0.333. The average Bonchev–Trinajstić information content (AvgIpc) is 2.94. The van der Waals surface area contributed by atoms with Crippen molar-refractivity contribution in [3.05, 3.63) is 27.4 Å². The van der Waals surface area contributed by atoms with Gasteiger partial charge in [0.25, 0.3) is 0 Å². The molecule has 0 aliphatic carbocycles. The Morgan fingerprint density at radius 1 is 1.47 bits per heavy atom. The van der Waals surface area contributed by atoms with E-state index in [0.717, 1.165) is 10.7 Å². The van der Waals surface area contributed by atoms with E-state index < -0.39 is 0 Å². The molecule has 0 aromatic carbocycles. The van der Waals surface area contributed by atoms with Crippen molar-refractivity contribution in [2.24, 2.45) is 0 Å². The molecule has 0 amide bonds. The Hall–Kier alpha value is -1.20. The van der Waals surface area contributed by atoms with Crippen molar-refractivity contribution in [2.45, 2.75) is 19.8 Å². The van der Waals surface area contributed by atoms with Gasteiger partial charge in [0.2, 0.25) is 0 Å². The number of rotatable bonds is 4. The number of thiophene rings is 1. The average molecular weight is 267 g/mol. The van der Waals surface area contributed by atoms with Crippen LogP contribution in [0, 0.1) is 6.92 Å². The van der Waals surface area contributed by atoms with E-state index in [9.17, 15) is 4.79 Å². The molecule has 0 atom stereocenters. The van der Waals surface area contributed by atoms with Gasteiger partial charge in [-0.25, -0.2) is 4.98 Å². The van der Waals surface area contributed by atoms with Gasteiger partial charge in [-0.05, 0) is 23.9 Å². The molecule has 5 heteroatoms. The zero-order chi connectivity index (χ0) is 12.3. The Morgan fingerprint density at radius 3 is 2.94 bits per heavy atom. The molecular formula is C12H13NO2S2. The molecule has 2 rings (SSSR count). The number of ether oxygens (including phenoxy) is 1. The lowest BCUT2D eigenvalue weighted by Gasteiger charge is -1.96. The van der Waals surface area contributed by atoms with Crippen LogP contribution in [-0.4, -0.2) is 18.1 Å². The summed E-state index contributed by atoms with van der Waals surface area (Å²) in [6.45, 7) is 2.08. The Bertz CT molecular complexity index is 516. The molecule has 0 aliphatic heterocycles. The predicted octanol–water partition coefficient (Wildman–Crippen LogP) is 3.29. The van der Waals surface area contributed by atoms with Crippen LogP contribution in [0.2, 0.25) is 0 Å². The van der Waals surface area contributed by atoms with Gasteiger partial charge in [-0.3, -0.25) is 4.79 Å². The van der Waals surface area contributed by atoms with Crippen LogP contribution in [0.1, 0.15) is 17.0 Å².